The van der Waals surface area contributed by atoms with Gasteiger partial charge >= 0.3 is 0 Å². The lowest BCUT2D eigenvalue weighted by atomic mass is 10.1. The first kappa shape index (κ1) is 21.6. The zero-order valence-electron chi connectivity index (χ0n) is 17.3. The number of aryl methyl sites for hydroxylation is 2. The highest BCUT2D eigenvalue weighted by molar-refractivity contribution is 7.15. The molecule has 0 bridgehead atoms. The van der Waals surface area contributed by atoms with Crippen LogP contribution in [0.15, 0.2) is 48.7 Å². The van der Waals surface area contributed by atoms with Crippen LogP contribution in [0.25, 0.3) is 0 Å². The smallest absolute Gasteiger partial charge is 0.240 e. The van der Waals surface area contributed by atoms with Gasteiger partial charge in [-0.3, -0.25) is 14.5 Å². The van der Waals surface area contributed by atoms with E-state index in [-0.39, 0.29) is 24.9 Å². The van der Waals surface area contributed by atoms with Gasteiger partial charge in [-0.1, -0.05) is 35.9 Å². The Morgan fingerprint density at radius 1 is 1.03 bits per heavy atom. The van der Waals surface area contributed by atoms with E-state index < -0.39 is 0 Å². The molecule has 3 aromatic rings. The van der Waals surface area contributed by atoms with Crippen LogP contribution in [0.2, 0.25) is 0 Å². The van der Waals surface area contributed by atoms with Gasteiger partial charge in [0.25, 0.3) is 0 Å². The van der Waals surface area contributed by atoms with Crippen molar-refractivity contribution in [3.05, 3.63) is 70.4 Å². The second-order valence-electron chi connectivity index (χ2n) is 7.23. The molecule has 0 aliphatic rings. The van der Waals surface area contributed by atoms with Crippen LogP contribution in [-0.4, -0.2) is 46.8 Å². The highest BCUT2D eigenvalue weighted by atomic mass is 32.1. The van der Waals surface area contributed by atoms with Crippen LogP contribution in [-0.2, 0) is 16.0 Å². The molecule has 0 unspecified atom stereocenters. The molecule has 0 saturated heterocycles. The molecule has 0 aliphatic heterocycles. The monoisotopic (exact) mass is 423 g/mol. The zero-order chi connectivity index (χ0) is 21.5. The number of rotatable bonds is 8. The molecule has 2 amide bonds. The molecule has 0 fully saturated rings. The van der Waals surface area contributed by atoms with Gasteiger partial charge in [0.15, 0.2) is 5.13 Å². The van der Waals surface area contributed by atoms with Crippen molar-refractivity contribution in [2.45, 2.75) is 20.3 Å². The second-order valence-corrected chi connectivity index (χ2v) is 8.35. The van der Waals surface area contributed by atoms with E-state index in [0.717, 1.165) is 17.0 Å². The maximum absolute atomic E-state index is 12.3. The number of aromatic nitrogens is 2. The van der Waals surface area contributed by atoms with Gasteiger partial charge < -0.3 is 10.6 Å². The molecule has 3 rings (SSSR count). The lowest BCUT2D eigenvalue weighted by Gasteiger charge is -2.15. The minimum Gasteiger partial charge on any atom is -0.310 e. The summed E-state index contributed by atoms with van der Waals surface area (Å²) in [5.41, 5.74) is 3.26. The number of hydrogen-bond donors (Lipinski definition) is 2. The van der Waals surface area contributed by atoms with Gasteiger partial charge in [0.1, 0.15) is 5.82 Å². The zero-order valence-corrected chi connectivity index (χ0v) is 18.1. The lowest BCUT2D eigenvalue weighted by Crippen LogP contribution is -2.36. The number of carbonyl (C=O) groups excluding carboxylic acids is 2. The molecular weight excluding hydrogens is 398 g/mol. The van der Waals surface area contributed by atoms with Crippen molar-refractivity contribution in [1.82, 2.24) is 14.9 Å². The van der Waals surface area contributed by atoms with Crippen LogP contribution in [0, 0.1) is 13.8 Å². The molecule has 0 radical (unpaired) electrons. The third-order valence-electron chi connectivity index (χ3n) is 4.24. The summed E-state index contributed by atoms with van der Waals surface area (Å²) >= 11 is 1.46. The summed E-state index contributed by atoms with van der Waals surface area (Å²) in [6.07, 6.45) is 2.57. The van der Waals surface area contributed by atoms with Crippen LogP contribution in [0.3, 0.4) is 0 Å². The van der Waals surface area contributed by atoms with Crippen LogP contribution < -0.4 is 10.6 Å². The van der Waals surface area contributed by atoms with Crippen molar-refractivity contribution in [3.8, 4) is 0 Å². The number of anilines is 2. The van der Waals surface area contributed by atoms with E-state index in [9.17, 15) is 9.59 Å². The number of amides is 2. The summed E-state index contributed by atoms with van der Waals surface area (Å²) in [6.45, 7) is 4.09. The summed E-state index contributed by atoms with van der Waals surface area (Å²) in [5.74, 6) is 0.0651. The Kier molecular flexibility index (Phi) is 7.26. The van der Waals surface area contributed by atoms with E-state index >= 15 is 0 Å². The third kappa shape index (κ3) is 6.75. The average molecular weight is 424 g/mol. The lowest BCUT2D eigenvalue weighted by molar-refractivity contribution is -0.119. The van der Waals surface area contributed by atoms with Crippen LogP contribution >= 0.6 is 11.3 Å². The molecule has 8 heteroatoms. The topological polar surface area (TPSA) is 87.2 Å². The molecule has 0 aliphatic carbocycles. The molecule has 1 aromatic carbocycles. The number of likely N-dealkylation sites (N-methyl/N-ethyl adjacent to an activating group) is 1. The normalized spacial score (nSPS) is 10.8. The summed E-state index contributed by atoms with van der Waals surface area (Å²) in [6, 6.07) is 13.7. The van der Waals surface area contributed by atoms with Gasteiger partial charge in [-0.25, -0.2) is 9.97 Å². The maximum Gasteiger partial charge on any atom is 0.240 e. The maximum atomic E-state index is 12.3. The minimum atomic E-state index is -0.224. The predicted octanol–water partition coefficient (Wildman–Crippen LogP) is 3.25. The first-order valence-corrected chi connectivity index (χ1v) is 10.4. The van der Waals surface area contributed by atoms with E-state index in [1.807, 2.05) is 25.1 Å². The fourth-order valence-electron chi connectivity index (χ4n) is 2.97. The van der Waals surface area contributed by atoms with E-state index in [2.05, 4.69) is 45.7 Å². The number of nitrogens with zero attached hydrogens (tertiary/aromatic N) is 3. The highest BCUT2D eigenvalue weighted by Gasteiger charge is 2.13. The van der Waals surface area contributed by atoms with Crippen molar-refractivity contribution in [2.24, 2.45) is 0 Å². The van der Waals surface area contributed by atoms with Crippen molar-refractivity contribution >= 4 is 34.1 Å². The highest BCUT2D eigenvalue weighted by Crippen LogP contribution is 2.21. The number of benzene rings is 1. The number of thiazole rings is 1. The van der Waals surface area contributed by atoms with Crippen LogP contribution in [0.5, 0.6) is 0 Å². The Labute approximate surface area is 180 Å². The quantitative estimate of drug-likeness (QED) is 0.581. The van der Waals surface area contributed by atoms with Gasteiger partial charge in [-0.05, 0) is 38.6 Å². The summed E-state index contributed by atoms with van der Waals surface area (Å²) in [4.78, 5) is 35.7. The minimum absolute atomic E-state index is 0.0829. The molecule has 2 N–H and O–H groups in total. The van der Waals surface area contributed by atoms with Crippen LogP contribution in [0.1, 0.15) is 21.7 Å². The fourth-order valence-corrected chi connectivity index (χ4v) is 3.83. The average Bonchev–Trinajstić information content (AvgIpc) is 3.07. The SMILES string of the molecule is Cc1cccc(Cc2cnc(NC(=O)CN(C)CC(=O)Nc3cccc(C)n3)s2)c1. The van der Waals surface area contributed by atoms with Crippen molar-refractivity contribution in [2.75, 3.05) is 30.8 Å². The Morgan fingerprint density at radius 3 is 2.50 bits per heavy atom. The Hall–Kier alpha value is -3.10. The predicted molar refractivity (Wildman–Crippen MR) is 120 cm³/mol. The Bertz CT molecular complexity index is 1030. The molecule has 0 saturated carbocycles. The van der Waals surface area contributed by atoms with E-state index in [1.165, 1.54) is 22.5 Å². The molecular formula is C22H25N5O2S. The van der Waals surface area contributed by atoms with Gasteiger partial charge in [-0.2, -0.15) is 0 Å². The fraction of sp³-hybridized carbons (Fsp3) is 0.273. The molecule has 2 heterocycles. The van der Waals surface area contributed by atoms with E-state index in [4.69, 9.17) is 0 Å². The Balaban J connectivity index is 1.45. The molecule has 0 spiro atoms. The standard InChI is InChI=1S/C22H25N5O2S/c1-15-6-4-8-17(10-15)11-18-12-23-22(30-18)26-21(29)14-27(3)13-20(28)25-19-9-5-7-16(2)24-19/h4-10,12H,11,13-14H2,1-3H3,(H,23,26,29)(H,24,25,28). The van der Waals surface area contributed by atoms with Gasteiger partial charge in [0, 0.05) is 23.2 Å². The molecule has 30 heavy (non-hydrogen) atoms. The number of hydrogen-bond acceptors (Lipinski definition) is 6. The summed E-state index contributed by atoms with van der Waals surface area (Å²) < 4.78 is 0. The Morgan fingerprint density at radius 2 is 1.77 bits per heavy atom. The van der Waals surface area contributed by atoms with E-state index in [0.29, 0.717) is 10.9 Å². The molecule has 7 nitrogen and oxygen atoms in total. The summed E-state index contributed by atoms with van der Waals surface area (Å²) in [7, 11) is 1.72. The molecule has 0 atom stereocenters. The summed E-state index contributed by atoms with van der Waals surface area (Å²) in [5, 5.41) is 6.10. The van der Waals surface area contributed by atoms with Gasteiger partial charge in [-0.15, -0.1) is 11.3 Å². The third-order valence-corrected chi connectivity index (χ3v) is 5.16. The van der Waals surface area contributed by atoms with Crippen molar-refractivity contribution < 1.29 is 9.59 Å². The largest absolute Gasteiger partial charge is 0.310 e. The van der Waals surface area contributed by atoms with Crippen molar-refractivity contribution in [1.29, 1.82) is 0 Å². The van der Waals surface area contributed by atoms with Gasteiger partial charge in [0.2, 0.25) is 11.8 Å². The van der Waals surface area contributed by atoms with Crippen molar-refractivity contribution in [3.63, 3.8) is 0 Å². The number of carbonyl (C=O) groups is 2. The number of pyridine rings is 1. The number of nitrogens with one attached hydrogen (secondary N) is 2. The van der Waals surface area contributed by atoms with E-state index in [1.54, 1.807) is 24.2 Å². The van der Waals surface area contributed by atoms with Gasteiger partial charge in [0.05, 0.1) is 13.1 Å². The van der Waals surface area contributed by atoms with Crippen LogP contribution in [0.4, 0.5) is 10.9 Å². The first-order chi connectivity index (χ1) is 14.4. The second kappa shape index (κ2) is 10.1. The molecule has 156 valence electrons. The molecule has 2 aromatic heterocycles. The first-order valence-electron chi connectivity index (χ1n) is 9.59.